The van der Waals surface area contributed by atoms with Crippen molar-refractivity contribution in [1.82, 2.24) is 35.4 Å². The van der Waals surface area contributed by atoms with Crippen LogP contribution in [0.15, 0.2) is 33.0 Å². The smallest absolute Gasteiger partial charge is 0.352 e. The normalized spacial score (nSPS) is 19.3. The van der Waals surface area contributed by atoms with Crippen LogP contribution in [0.1, 0.15) is 12.1 Å². The number of nitrogens with two attached hydrogens (primary N) is 1. The van der Waals surface area contributed by atoms with Gasteiger partial charge in [0.2, 0.25) is 5.16 Å². The Balaban J connectivity index is 1.46. The van der Waals surface area contributed by atoms with E-state index in [-0.39, 0.29) is 40.2 Å². The zero-order valence-electron chi connectivity index (χ0n) is 19.4. The summed E-state index contributed by atoms with van der Waals surface area (Å²) in [6, 6.07) is -0.985. The molecule has 2 aliphatic heterocycles. The minimum absolute atomic E-state index is 0.158. The molecule has 4 rings (SSSR count). The maximum atomic E-state index is 13.0. The van der Waals surface area contributed by atoms with Crippen molar-refractivity contribution >= 4 is 75.7 Å². The molecular formula is C19H19N9O7S3. The standard InChI is InChI=1S/C19H19N9O7S3/c1-35-24-11(9-7-37-18(20)21-9)14(31)22-12-15(32)28-13(17(33)34)8(5-36-16(12)28)6-38-19-23-25-26-27(19)4-2-3-10(29)30/h2,4,7,12,16H,3,5-6H2,1H3,(H2,20,21)(H,22,31)(H,29,30)(H,33,34)/b4-2+,24-11+/t12?,16-/m1/s1. The first kappa shape index (κ1) is 27.1. The molecule has 2 aromatic rings. The summed E-state index contributed by atoms with van der Waals surface area (Å²) in [6.45, 7) is 0. The third-order valence-electron chi connectivity index (χ3n) is 5.08. The summed E-state index contributed by atoms with van der Waals surface area (Å²) in [5.74, 6) is -3.19. The minimum atomic E-state index is -1.29. The van der Waals surface area contributed by atoms with Gasteiger partial charge in [0.15, 0.2) is 10.8 Å². The monoisotopic (exact) mass is 581 g/mol. The second-order valence-corrected chi connectivity index (χ2v) is 10.4. The fourth-order valence-electron chi connectivity index (χ4n) is 3.48. The molecule has 4 heterocycles. The van der Waals surface area contributed by atoms with Crippen LogP contribution in [0.3, 0.4) is 0 Å². The molecule has 2 amide bonds. The number of anilines is 1. The van der Waals surface area contributed by atoms with Crippen molar-refractivity contribution in [2.45, 2.75) is 23.0 Å². The van der Waals surface area contributed by atoms with Gasteiger partial charge in [-0.15, -0.1) is 28.2 Å². The van der Waals surface area contributed by atoms with Gasteiger partial charge in [-0.3, -0.25) is 19.3 Å². The van der Waals surface area contributed by atoms with Crippen LogP contribution in [-0.2, 0) is 24.0 Å². The maximum absolute atomic E-state index is 13.0. The first-order chi connectivity index (χ1) is 18.2. The molecule has 1 unspecified atom stereocenters. The predicted molar refractivity (Wildman–Crippen MR) is 136 cm³/mol. The number of amides is 2. The van der Waals surface area contributed by atoms with E-state index in [4.69, 9.17) is 15.7 Å². The SMILES string of the molecule is CO/N=C(/C(=O)NC1C(=O)N2C(C(=O)O)=C(CSc3nnnn3/C=C/CC(=O)O)CS[C@H]12)c1csc(N)n1. The number of carbonyl (C=O) groups excluding carboxylic acids is 2. The lowest BCUT2D eigenvalue weighted by atomic mass is 10.0. The van der Waals surface area contributed by atoms with Crippen LogP contribution in [0.5, 0.6) is 0 Å². The Bertz CT molecular complexity index is 1370. The van der Waals surface area contributed by atoms with Crippen molar-refractivity contribution in [2.75, 3.05) is 24.3 Å². The number of rotatable bonds is 11. The van der Waals surface area contributed by atoms with E-state index in [2.05, 4.69) is 31.0 Å². The van der Waals surface area contributed by atoms with Crippen LogP contribution < -0.4 is 11.1 Å². The van der Waals surface area contributed by atoms with Gasteiger partial charge in [-0.2, -0.15) is 4.68 Å². The number of tetrazole rings is 1. The van der Waals surface area contributed by atoms with Gasteiger partial charge in [0.05, 0.1) is 6.42 Å². The summed E-state index contributed by atoms with van der Waals surface area (Å²) in [6.07, 6.45) is 2.54. The fraction of sp³-hybridized carbons (Fsp3) is 0.316. The zero-order valence-corrected chi connectivity index (χ0v) is 21.8. The van der Waals surface area contributed by atoms with Crippen molar-refractivity contribution in [3.63, 3.8) is 0 Å². The largest absolute Gasteiger partial charge is 0.481 e. The number of aromatic nitrogens is 5. The molecule has 19 heteroatoms. The molecule has 0 spiro atoms. The van der Waals surface area contributed by atoms with E-state index < -0.39 is 35.2 Å². The maximum Gasteiger partial charge on any atom is 0.352 e. The van der Waals surface area contributed by atoms with E-state index in [1.165, 1.54) is 41.2 Å². The molecule has 0 bridgehead atoms. The summed E-state index contributed by atoms with van der Waals surface area (Å²) in [5, 5.41) is 37.5. The molecule has 16 nitrogen and oxygen atoms in total. The van der Waals surface area contributed by atoms with Crippen molar-refractivity contribution in [3.05, 3.63) is 28.4 Å². The number of aliphatic carboxylic acids is 2. The number of thioether (sulfide) groups is 2. The van der Waals surface area contributed by atoms with Crippen molar-refractivity contribution in [2.24, 2.45) is 5.16 Å². The van der Waals surface area contributed by atoms with Crippen LogP contribution in [0, 0.1) is 0 Å². The molecule has 200 valence electrons. The van der Waals surface area contributed by atoms with Crippen molar-refractivity contribution in [1.29, 1.82) is 0 Å². The van der Waals surface area contributed by atoms with Gasteiger partial charge < -0.3 is 26.1 Å². The number of fused-ring (bicyclic) bond motifs is 1. The van der Waals surface area contributed by atoms with Gasteiger partial charge in [0.25, 0.3) is 11.8 Å². The highest BCUT2D eigenvalue weighted by molar-refractivity contribution is 8.01. The number of carbonyl (C=O) groups is 4. The number of hydrogen-bond donors (Lipinski definition) is 4. The Kier molecular flexibility index (Phi) is 8.27. The number of hydrogen-bond acceptors (Lipinski definition) is 14. The van der Waals surface area contributed by atoms with Gasteiger partial charge in [-0.1, -0.05) is 23.0 Å². The molecule has 2 atom stereocenters. The molecule has 5 N–H and O–H groups in total. The topological polar surface area (TPSA) is 228 Å². The quantitative estimate of drug-likeness (QED) is 0.114. The average molecular weight is 582 g/mol. The summed E-state index contributed by atoms with van der Waals surface area (Å²) < 4.78 is 1.27. The van der Waals surface area contributed by atoms with E-state index in [9.17, 15) is 24.3 Å². The highest BCUT2D eigenvalue weighted by atomic mass is 32.2. The fourth-order valence-corrected chi connectivity index (χ4v) is 6.36. The lowest BCUT2D eigenvalue weighted by Gasteiger charge is -2.49. The number of carboxylic acid groups (broad SMARTS) is 2. The number of carboxylic acids is 2. The Morgan fingerprint density at radius 2 is 2.18 bits per heavy atom. The lowest BCUT2D eigenvalue weighted by Crippen LogP contribution is -2.71. The lowest BCUT2D eigenvalue weighted by molar-refractivity contribution is -0.150. The molecular weight excluding hydrogens is 562 g/mol. The first-order valence-electron chi connectivity index (χ1n) is 10.5. The van der Waals surface area contributed by atoms with Crippen LogP contribution >= 0.6 is 34.9 Å². The Labute approximate surface area is 226 Å². The summed E-state index contributed by atoms with van der Waals surface area (Å²) in [7, 11) is 1.25. The van der Waals surface area contributed by atoms with Crippen LogP contribution in [0.25, 0.3) is 6.20 Å². The number of nitrogens with zero attached hydrogens (tertiary/aromatic N) is 7. The molecule has 0 aliphatic carbocycles. The minimum Gasteiger partial charge on any atom is -0.481 e. The van der Waals surface area contributed by atoms with Gasteiger partial charge >= 0.3 is 11.9 Å². The van der Waals surface area contributed by atoms with Gasteiger partial charge in [0, 0.05) is 23.1 Å². The Morgan fingerprint density at radius 1 is 1.39 bits per heavy atom. The van der Waals surface area contributed by atoms with Gasteiger partial charge in [-0.05, 0) is 16.0 Å². The summed E-state index contributed by atoms with van der Waals surface area (Å²) in [4.78, 5) is 58.5. The average Bonchev–Trinajstić information content (AvgIpc) is 3.51. The molecule has 38 heavy (non-hydrogen) atoms. The molecule has 2 aromatic heterocycles. The summed E-state index contributed by atoms with van der Waals surface area (Å²) in [5.41, 5.74) is 5.93. The van der Waals surface area contributed by atoms with Crippen molar-refractivity contribution in [3.8, 4) is 0 Å². The molecule has 2 aliphatic rings. The Morgan fingerprint density at radius 3 is 2.84 bits per heavy atom. The third-order valence-corrected chi connectivity index (χ3v) is 8.11. The predicted octanol–water partition coefficient (Wildman–Crippen LogP) is -0.461. The van der Waals surface area contributed by atoms with Crippen LogP contribution in [-0.4, -0.2) is 99.8 Å². The van der Waals surface area contributed by atoms with Crippen LogP contribution in [0.4, 0.5) is 5.13 Å². The highest BCUT2D eigenvalue weighted by Crippen LogP contribution is 2.41. The second-order valence-electron chi connectivity index (χ2n) is 7.49. The van der Waals surface area contributed by atoms with E-state index in [1.807, 2.05) is 0 Å². The van der Waals surface area contributed by atoms with E-state index in [0.717, 1.165) is 28.0 Å². The van der Waals surface area contributed by atoms with E-state index >= 15 is 0 Å². The number of nitrogens with one attached hydrogen (secondary N) is 1. The van der Waals surface area contributed by atoms with E-state index in [0.29, 0.717) is 10.7 Å². The van der Waals surface area contributed by atoms with Gasteiger partial charge in [-0.25, -0.2) is 9.78 Å². The summed E-state index contributed by atoms with van der Waals surface area (Å²) >= 11 is 3.53. The molecule has 1 fully saturated rings. The highest BCUT2D eigenvalue weighted by Gasteiger charge is 2.54. The molecule has 0 aromatic carbocycles. The number of oxime groups is 1. The van der Waals surface area contributed by atoms with Crippen LogP contribution in [0.2, 0.25) is 0 Å². The Hall–Kier alpha value is -3.97. The number of thiazole rings is 1. The first-order valence-corrected chi connectivity index (χ1v) is 13.4. The van der Waals surface area contributed by atoms with Gasteiger partial charge in [0.1, 0.15) is 29.9 Å². The number of β-lactam (4-membered cyclic amide) rings is 1. The molecule has 0 radical (unpaired) electrons. The third kappa shape index (κ3) is 5.63. The molecule has 1 saturated heterocycles. The second kappa shape index (κ2) is 11.6. The zero-order chi connectivity index (χ0) is 27.4. The molecule has 0 saturated carbocycles. The number of nitrogen functional groups attached to an aromatic ring is 1. The van der Waals surface area contributed by atoms with E-state index in [1.54, 1.807) is 0 Å². The van der Waals surface area contributed by atoms with Crippen molar-refractivity contribution < 1.29 is 34.2 Å².